The van der Waals surface area contributed by atoms with Crippen molar-refractivity contribution in [2.24, 2.45) is 0 Å². The van der Waals surface area contributed by atoms with Crippen LogP contribution < -0.4 is 4.74 Å². The zero-order valence-corrected chi connectivity index (χ0v) is 11.2. The van der Waals surface area contributed by atoms with E-state index in [1.807, 2.05) is 6.07 Å². The summed E-state index contributed by atoms with van der Waals surface area (Å²) in [5.74, 6) is 0.932. The Bertz CT molecular complexity index is 323. The van der Waals surface area contributed by atoms with Crippen LogP contribution in [0.2, 0.25) is 0 Å². The smallest absolute Gasteiger partial charge is 0.121 e. The first kappa shape index (κ1) is 13.4. The predicted molar refractivity (Wildman–Crippen MR) is 70.5 cm³/mol. The lowest BCUT2D eigenvalue weighted by Crippen LogP contribution is -1.94. The summed E-state index contributed by atoms with van der Waals surface area (Å²) in [7, 11) is 1.70. The van der Waals surface area contributed by atoms with Crippen LogP contribution in [0.4, 0.5) is 0 Å². The topological polar surface area (TPSA) is 9.23 Å². The number of alkyl halides is 1. The molecule has 0 saturated heterocycles. The summed E-state index contributed by atoms with van der Waals surface area (Å²) in [6, 6.07) is 6.19. The number of halogens is 1. The molecular formula is C14H21ClO. The molecule has 0 radical (unpaired) electrons. The lowest BCUT2D eigenvalue weighted by Gasteiger charge is -2.12. The summed E-state index contributed by atoms with van der Waals surface area (Å²) < 4.78 is 5.24. The number of rotatable bonds is 6. The van der Waals surface area contributed by atoms with E-state index in [0.717, 1.165) is 17.7 Å². The zero-order valence-electron chi connectivity index (χ0n) is 10.4. The molecule has 0 amide bonds. The average Bonchev–Trinajstić information content (AvgIpc) is 2.29. The highest BCUT2D eigenvalue weighted by Gasteiger charge is 2.09. The molecule has 0 aliphatic heterocycles. The van der Waals surface area contributed by atoms with Gasteiger partial charge < -0.3 is 4.74 Å². The lowest BCUT2D eigenvalue weighted by atomic mass is 10.0. The molecule has 16 heavy (non-hydrogen) atoms. The van der Waals surface area contributed by atoms with E-state index >= 15 is 0 Å². The maximum Gasteiger partial charge on any atom is 0.121 e. The van der Waals surface area contributed by atoms with Crippen LogP contribution in [0, 0.1) is 6.92 Å². The molecule has 1 rings (SSSR count). The van der Waals surface area contributed by atoms with Crippen molar-refractivity contribution in [1.82, 2.24) is 0 Å². The van der Waals surface area contributed by atoms with Gasteiger partial charge in [-0.1, -0.05) is 38.3 Å². The summed E-state index contributed by atoms with van der Waals surface area (Å²) in [6.07, 6.45) is 4.76. The SMILES string of the molecule is CCCCCC(Cl)c1ccc(OC)c(C)c1. The molecule has 90 valence electrons. The molecule has 1 aromatic rings. The van der Waals surface area contributed by atoms with E-state index in [-0.39, 0.29) is 5.38 Å². The second kappa shape index (κ2) is 6.80. The van der Waals surface area contributed by atoms with Gasteiger partial charge in [0.25, 0.3) is 0 Å². The van der Waals surface area contributed by atoms with Gasteiger partial charge in [-0.15, -0.1) is 11.6 Å². The van der Waals surface area contributed by atoms with Gasteiger partial charge >= 0.3 is 0 Å². The number of benzene rings is 1. The predicted octanol–water partition coefficient (Wildman–Crippen LogP) is 4.86. The fourth-order valence-electron chi connectivity index (χ4n) is 1.84. The Balaban J connectivity index is 2.62. The van der Waals surface area contributed by atoms with Crippen molar-refractivity contribution in [2.75, 3.05) is 7.11 Å². The molecule has 0 heterocycles. The Hall–Kier alpha value is -0.690. The number of aryl methyl sites for hydroxylation is 1. The van der Waals surface area contributed by atoms with E-state index < -0.39 is 0 Å². The van der Waals surface area contributed by atoms with Crippen LogP contribution in [0.1, 0.15) is 49.1 Å². The number of unbranched alkanes of at least 4 members (excludes halogenated alkanes) is 2. The van der Waals surface area contributed by atoms with E-state index in [1.165, 1.54) is 24.8 Å². The van der Waals surface area contributed by atoms with Crippen LogP contribution in [0.25, 0.3) is 0 Å². The highest BCUT2D eigenvalue weighted by atomic mass is 35.5. The van der Waals surface area contributed by atoms with Crippen molar-refractivity contribution in [3.8, 4) is 5.75 Å². The second-order valence-corrected chi connectivity index (χ2v) is 4.72. The molecule has 0 N–H and O–H groups in total. The van der Waals surface area contributed by atoms with Gasteiger partial charge in [0.1, 0.15) is 5.75 Å². The fourth-order valence-corrected chi connectivity index (χ4v) is 2.13. The van der Waals surface area contributed by atoms with Crippen molar-refractivity contribution >= 4 is 11.6 Å². The van der Waals surface area contributed by atoms with Gasteiger partial charge in [-0.3, -0.25) is 0 Å². The Labute approximate surface area is 104 Å². The molecule has 0 saturated carbocycles. The third-order valence-electron chi connectivity index (χ3n) is 2.84. The Morgan fingerprint density at radius 1 is 1.31 bits per heavy atom. The lowest BCUT2D eigenvalue weighted by molar-refractivity contribution is 0.411. The maximum absolute atomic E-state index is 6.37. The summed E-state index contributed by atoms with van der Waals surface area (Å²) in [4.78, 5) is 0. The van der Waals surface area contributed by atoms with Crippen LogP contribution in [-0.4, -0.2) is 7.11 Å². The highest BCUT2D eigenvalue weighted by Crippen LogP contribution is 2.29. The van der Waals surface area contributed by atoms with Crippen molar-refractivity contribution in [3.63, 3.8) is 0 Å². The zero-order chi connectivity index (χ0) is 12.0. The van der Waals surface area contributed by atoms with Crippen molar-refractivity contribution < 1.29 is 4.74 Å². The molecule has 0 aliphatic carbocycles. The molecule has 2 heteroatoms. The van der Waals surface area contributed by atoms with Gasteiger partial charge in [-0.05, 0) is 30.5 Å². The van der Waals surface area contributed by atoms with Gasteiger partial charge in [0.2, 0.25) is 0 Å². The number of ether oxygens (including phenoxy) is 1. The van der Waals surface area contributed by atoms with Gasteiger partial charge in [-0.2, -0.15) is 0 Å². The van der Waals surface area contributed by atoms with E-state index in [0.29, 0.717) is 0 Å². The van der Waals surface area contributed by atoms with E-state index in [9.17, 15) is 0 Å². The minimum Gasteiger partial charge on any atom is -0.496 e. The van der Waals surface area contributed by atoms with Crippen LogP contribution in [0.3, 0.4) is 0 Å². The largest absolute Gasteiger partial charge is 0.496 e. The number of hydrogen-bond donors (Lipinski definition) is 0. The van der Waals surface area contributed by atoms with Crippen molar-refractivity contribution in [2.45, 2.75) is 44.9 Å². The first-order valence-corrected chi connectivity index (χ1v) is 6.41. The third kappa shape index (κ3) is 3.71. The first-order valence-electron chi connectivity index (χ1n) is 5.97. The fraction of sp³-hybridized carbons (Fsp3) is 0.571. The normalized spacial score (nSPS) is 12.5. The summed E-state index contributed by atoms with van der Waals surface area (Å²) in [5.41, 5.74) is 2.36. The monoisotopic (exact) mass is 240 g/mol. The number of methoxy groups -OCH3 is 1. The molecule has 0 aromatic heterocycles. The van der Waals surface area contributed by atoms with Gasteiger partial charge in [0, 0.05) is 0 Å². The average molecular weight is 241 g/mol. The van der Waals surface area contributed by atoms with E-state index in [4.69, 9.17) is 16.3 Å². The second-order valence-electron chi connectivity index (χ2n) is 4.19. The summed E-state index contributed by atoms with van der Waals surface area (Å²) >= 11 is 6.37. The maximum atomic E-state index is 6.37. The molecule has 0 fully saturated rings. The summed E-state index contributed by atoms with van der Waals surface area (Å²) in [5, 5.41) is 0.135. The molecule has 1 aromatic carbocycles. The van der Waals surface area contributed by atoms with Crippen LogP contribution in [0.15, 0.2) is 18.2 Å². The molecule has 0 aliphatic rings. The van der Waals surface area contributed by atoms with E-state index in [2.05, 4.69) is 26.0 Å². The van der Waals surface area contributed by atoms with Crippen molar-refractivity contribution in [3.05, 3.63) is 29.3 Å². The number of hydrogen-bond acceptors (Lipinski definition) is 1. The Morgan fingerprint density at radius 3 is 2.62 bits per heavy atom. The molecule has 0 bridgehead atoms. The first-order chi connectivity index (χ1) is 7.69. The molecule has 0 spiro atoms. The van der Waals surface area contributed by atoms with Crippen LogP contribution >= 0.6 is 11.6 Å². The Morgan fingerprint density at radius 2 is 2.06 bits per heavy atom. The molecule has 1 unspecified atom stereocenters. The minimum atomic E-state index is 0.135. The van der Waals surface area contributed by atoms with Gasteiger partial charge in [0.15, 0.2) is 0 Å². The van der Waals surface area contributed by atoms with Crippen molar-refractivity contribution in [1.29, 1.82) is 0 Å². The highest BCUT2D eigenvalue weighted by molar-refractivity contribution is 6.20. The Kier molecular flexibility index (Phi) is 5.68. The molecular weight excluding hydrogens is 220 g/mol. The standard InChI is InChI=1S/C14H21ClO/c1-4-5-6-7-13(15)12-8-9-14(16-3)11(2)10-12/h8-10,13H,4-7H2,1-3H3. The van der Waals surface area contributed by atoms with E-state index in [1.54, 1.807) is 7.11 Å². The summed E-state index contributed by atoms with van der Waals surface area (Å²) in [6.45, 7) is 4.26. The minimum absolute atomic E-state index is 0.135. The molecule has 1 atom stereocenters. The third-order valence-corrected chi connectivity index (χ3v) is 3.31. The van der Waals surface area contributed by atoms with Crippen LogP contribution in [-0.2, 0) is 0 Å². The molecule has 1 nitrogen and oxygen atoms in total. The quantitative estimate of drug-likeness (QED) is 0.510. The van der Waals surface area contributed by atoms with Gasteiger partial charge in [-0.25, -0.2) is 0 Å². The van der Waals surface area contributed by atoms with Gasteiger partial charge in [0.05, 0.1) is 12.5 Å². The van der Waals surface area contributed by atoms with Crippen LogP contribution in [0.5, 0.6) is 5.75 Å².